The van der Waals surface area contributed by atoms with E-state index in [-0.39, 0.29) is 11.9 Å². The molecule has 0 atom stereocenters. The highest BCUT2D eigenvalue weighted by Gasteiger charge is 2.12. The van der Waals surface area contributed by atoms with Gasteiger partial charge in [0.1, 0.15) is 5.15 Å². The summed E-state index contributed by atoms with van der Waals surface area (Å²) >= 11 is 6.11. The Morgan fingerprint density at radius 2 is 2.14 bits per heavy atom. The third-order valence-electron chi connectivity index (χ3n) is 3.00. The van der Waals surface area contributed by atoms with Crippen LogP contribution in [-0.2, 0) is 11.2 Å². The molecule has 6 heteroatoms. The molecule has 0 fully saturated rings. The van der Waals surface area contributed by atoms with E-state index >= 15 is 0 Å². The van der Waals surface area contributed by atoms with Gasteiger partial charge in [0.25, 0.3) is 0 Å². The molecule has 0 saturated heterocycles. The number of hydrogen-bond acceptors (Lipinski definition) is 5. The van der Waals surface area contributed by atoms with E-state index in [9.17, 15) is 4.79 Å². The normalized spacial score (nSPS) is 10.4. The molecule has 0 unspecified atom stereocenters. The van der Waals surface area contributed by atoms with Gasteiger partial charge in [-0.2, -0.15) is 0 Å². The Bertz CT molecular complexity index is 651. The zero-order valence-electron chi connectivity index (χ0n) is 11.9. The number of ether oxygens (including phenoxy) is 1. The fourth-order valence-electron chi connectivity index (χ4n) is 2.01. The first kappa shape index (κ1) is 15.3. The van der Waals surface area contributed by atoms with E-state index in [0.29, 0.717) is 23.7 Å². The number of anilines is 1. The number of aromatic nitrogens is 2. The van der Waals surface area contributed by atoms with Crippen molar-refractivity contribution in [3.8, 4) is 0 Å². The van der Waals surface area contributed by atoms with Crippen LogP contribution < -0.4 is 5.73 Å². The van der Waals surface area contributed by atoms with Crippen molar-refractivity contribution in [2.75, 3.05) is 12.3 Å². The molecule has 0 aliphatic carbocycles. The first-order valence-corrected chi connectivity index (χ1v) is 6.93. The van der Waals surface area contributed by atoms with Gasteiger partial charge in [0.05, 0.1) is 12.2 Å². The molecule has 21 heavy (non-hydrogen) atoms. The second-order valence-electron chi connectivity index (χ2n) is 4.53. The van der Waals surface area contributed by atoms with Crippen LogP contribution in [0, 0.1) is 6.92 Å². The van der Waals surface area contributed by atoms with Crippen LogP contribution in [0.2, 0.25) is 5.15 Å². The topological polar surface area (TPSA) is 78.1 Å². The van der Waals surface area contributed by atoms with Crippen molar-refractivity contribution in [3.63, 3.8) is 0 Å². The summed E-state index contributed by atoms with van der Waals surface area (Å²) in [6.45, 7) is 3.95. The lowest BCUT2D eigenvalue weighted by atomic mass is 10.0. The third kappa shape index (κ3) is 3.70. The van der Waals surface area contributed by atoms with Gasteiger partial charge >= 0.3 is 5.97 Å². The Kier molecular flexibility index (Phi) is 4.75. The van der Waals surface area contributed by atoms with Gasteiger partial charge in [0.2, 0.25) is 5.95 Å². The summed E-state index contributed by atoms with van der Waals surface area (Å²) in [7, 11) is 0. The quantitative estimate of drug-likeness (QED) is 0.694. The predicted octanol–water partition coefficient (Wildman–Crippen LogP) is 2.79. The monoisotopic (exact) mass is 305 g/mol. The average Bonchev–Trinajstić information content (AvgIpc) is 2.43. The van der Waals surface area contributed by atoms with E-state index in [1.165, 1.54) is 0 Å². The van der Waals surface area contributed by atoms with Gasteiger partial charge in [-0.3, -0.25) is 0 Å². The molecule has 2 aromatic rings. The first-order valence-electron chi connectivity index (χ1n) is 6.55. The molecule has 0 spiro atoms. The molecule has 0 amide bonds. The van der Waals surface area contributed by atoms with Gasteiger partial charge in [-0.05, 0) is 31.5 Å². The average molecular weight is 306 g/mol. The minimum atomic E-state index is -0.337. The number of nitrogens with two attached hydrogens (primary N) is 1. The summed E-state index contributed by atoms with van der Waals surface area (Å²) in [5.41, 5.74) is 8.52. The molecule has 0 saturated carbocycles. The standard InChI is InChI=1S/C15H16ClN3O2/c1-3-21-14(20)11-6-4-5-10(7-11)8-12-9(2)18-15(17)19-13(12)16/h4-7H,3,8H2,1-2H3,(H2,17,18,19). The van der Waals surface area contributed by atoms with Gasteiger partial charge in [0, 0.05) is 17.7 Å². The number of benzene rings is 1. The minimum Gasteiger partial charge on any atom is -0.462 e. The van der Waals surface area contributed by atoms with Gasteiger partial charge in [-0.1, -0.05) is 23.7 Å². The number of aryl methyl sites for hydroxylation is 1. The maximum Gasteiger partial charge on any atom is 0.338 e. The van der Waals surface area contributed by atoms with Gasteiger partial charge in [-0.15, -0.1) is 0 Å². The van der Waals surface area contributed by atoms with Crippen LogP contribution in [-0.4, -0.2) is 22.5 Å². The van der Waals surface area contributed by atoms with Crippen molar-refractivity contribution in [3.05, 3.63) is 51.8 Å². The Hall–Kier alpha value is -2.14. The zero-order valence-corrected chi connectivity index (χ0v) is 12.6. The molecule has 1 aromatic heterocycles. The largest absolute Gasteiger partial charge is 0.462 e. The molecule has 5 nitrogen and oxygen atoms in total. The molecule has 0 bridgehead atoms. The van der Waals surface area contributed by atoms with Gasteiger partial charge in [-0.25, -0.2) is 14.8 Å². The number of halogens is 1. The van der Waals surface area contributed by atoms with Crippen molar-refractivity contribution in [1.82, 2.24) is 9.97 Å². The summed E-state index contributed by atoms with van der Waals surface area (Å²) in [6.07, 6.45) is 0.526. The van der Waals surface area contributed by atoms with Crippen LogP contribution in [0.15, 0.2) is 24.3 Å². The van der Waals surface area contributed by atoms with Crippen molar-refractivity contribution < 1.29 is 9.53 Å². The lowest BCUT2D eigenvalue weighted by Crippen LogP contribution is -2.06. The number of carbonyl (C=O) groups is 1. The van der Waals surface area contributed by atoms with Crippen molar-refractivity contribution in [1.29, 1.82) is 0 Å². The zero-order chi connectivity index (χ0) is 15.4. The number of nitrogens with zero attached hydrogens (tertiary/aromatic N) is 2. The summed E-state index contributed by atoms with van der Waals surface area (Å²) in [6, 6.07) is 7.22. The number of carbonyl (C=O) groups excluding carboxylic acids is 1. The smallest absolute Gasteiger partial charge is 0.338 e. The van der Waals surface area contributed by atoms with E-state index < -0.39 is 0 Å². The SMILES string of the molecule is CCOC(=O)c1cccc(Cc2c(C)nc(N)nc2Cl)c1. The third-order valence-corrected chi connectivity index (χ3v) is 3.31. The minimum absolute atomic E-state index is 0.154. The van der Waals surface area contributed by atoms with Gasteiger partial charge < -0.3 is 10.5 Å². The highest BCUT2D eigenvalue weighted by Crippen LogP contribution is 2.21. The molecule has 0 aliphatic rings. The second kappa shape index (κ2) is 6.54. The molecule has 2 rings (SSSR count). The molecule has 1 heterocycles. The van der Waals surface area contributed by atoms with E-state index in [0.717, 1.165) is 16.8 Å². The first-order chi connectivity index (χ1) is 10.0. The molecule has 110 valence electrons. The maximum atomic E-state index is 11.7. The summed E-state index contributed by atoms with van der Waals surface area (Å²) in [5, 5.41) is 0.335. The fourth-order valence-corrected chi connectivity index (χ4v) is 2.30. The van der Waals surface area contributed by atoms with E-state index in [1.807, 2.05) is 19.1 Å². The number of rotatable bonds is 4. The molecule has 2 N–H and O–H groups in total. The van der Waals surface area contributed by atoms with Crippen LogP contribution in [0.4, 0.5) is 5.95 Å². The van der Waals surface area contributed by atoms with E-state index in [4.69, 9.17) is 22.1 Å². The summed E-state index contributed by atoms with van der Waals surface area (Å²) < 4.78 is 4.99. The molecule has 0 aliphatic heterocycles. The summed E-state index contributed by atoms with van der Waals surface area (Å²) in [5.74, 6) is -0.183. The van der Waals surface area contributed by atoms with Crippen molar-refractivity contribution >= 4 is 23.5 Å². The number of hydrogen-bond donors (Lipinski definition) is 1. The Labute approximate surface area is 128 Å². The van der Waals surface area contributed by atoms with Crippen LogP contribution in [0.1, 0.15) is 34.1 Å². The van der Waals surface area contributed by atoms with E-state index in [2.05, 4.69) is 9.97 Å². The van der Waals surface area contributed by atoms with Crippen molar-refractivity contribution in [2.45, 2.75) is 20.3 Å². The molecular weight excluding hydrogens is 290 g/mol. The lowest BCUT2D eigenvalue weighted by molar-refractivity contribution is 0.0526. The Morgan fingerprint density at radius 1 is 1.38 bits per heavy atom. The van der Waals surface area contributed by atoms with E-state index in [1.54, 1.807) is 19.1 Å². The predicted molar refractivity (Wildman–Crippen MR) is 81.4 cm³/mol. The molecular formula is C15H16ClN3O2. The molecule has 1 aromatic carbocycles. The maximum absolute atomic E-state index is 11.7. The lowest BCUT2D eigenvalue weighted by Gasteiger charge is -2.09. The van der Waals surface area contributed by atoms with Crippen LogP contribution in [0.25, 0.3) is 0 Å². The van der Waals surface area contributed by atoms with Crippen LogP contribution in [0.3, 0.4) is 0 Å². The van der Waals surface area contributed by atoms with Crippen LogP contribution >= 0.6 is 11.6 Å². The Balaban J connectivity index is 2.28. The second-order valence-corrected chi connectivity index (χ2v) is 4.89. The summed E-state index contributed by atoms with van der Waals surface area (Å²) in [4.78, 5) is 19.8. The number of esters is 1. The van der Waals surface area contributed by atoms with Gasteiger partial charge in [0.15, 0.2) is 0 Å². The highest BCUT2D eigenvalue weighted by atomic mass is 35.5. The number of nitrogen functional groups attached to an aromatic ring is 1. The van der Waals surface area contributed by atoms with Crippen LogP contribution in [0.5, 0.6) is 0 Å². The molecule has 0 radical (unpaired) electrons. The highest BCUT2D eigenvalue weighted by molar-refractivity contribution is 6.30. The fraction of sp³-hybridized carbons (Fsp3) is 0.267. The Morgan fingerprint density at radius 3 is 2.81 bits per heavy atom. The van der Waals surface area contributed by atoms with Crippen molar-refractivity contribution in [2.24, 2.45) is 0 Å².